The van der Waals surface area contributed by atoms with Gasteiger partial charge in [-0.2, -0.15) is 18.2 Å². The van der Waals surface area contributed by atoms with Gasteiger partial charge >= 0.3 is 6.18 Å². The van der Waals surface area contributed by atoms with Gasteiger partial charge in [-0.1, -0.05) is 12.7 Å². The Kier molecular flexibility index (Phi) is 5.46. The molecule has 0 aliphatic heterocycles. The van der Waals surface area contributed by atoms with Crippen LogP contribution in [0.4, 0.5) is 19.1 Å². The third-order valence-corrected chi connectivity index (χ3v) is 3.01. The van der Waals surface area contributed by atoms with E-state index >= 15 is 0 Å². The Bertz CT molecular complexity index is 788. The van der Waals surface area contributed by atoms with Crippen LogP contribution in [-0.2, 0) is 0 Å². The molecule has 0 aliphatic carbocycles. The van der Waals surface area contributed by atoms with Crippen molar-refractivity contribution in [3.63, 3.8) is 0 Å². The molecule has 0 aliphatic rings. The molecule has 2 heterocycles. The number of fused-ring (bicyclic) bond motifs is 1. The Balaban J connectivity index is 2.10. The van der Waals surface area contributed by atoms with Crippen molar-refractivity contribution in [1.82, 2.24) is 15.0 Å². The van der Waals surface area contributed by atoms with Gasteiger partial charge in [-0.25, -0.2) is 9.98 Å². The molecular weight excluding hydrogens is 321 g/mol. The number of nitrogens with zero attached hydrogens (tertiary/aromatic N) is 3. The lowest BCUT2D eigenvalue weighted by Crippen LogP contribution is -2.15. The number of nitrogens with one attached hydrogen (secondary N) is 3. The predicted octanol–water partition coefficient (Wildman–Crippen LogP) is 3.57. The van der Waals surface area contributed by atoms with Gasteiger partial charge in [0.1, 0.15) is 12.0 Å². The molecule has 3 N–H and O–H groups in total. The van der Waals surface area contributed by atoms with E-state index in [4.69, 9.17) is 5.41 Å². The molecule has 126 valence electrons. The third-order valence-electron chi connectivity index (χ3n) is 3.01. The van der Waals surface area contributed by atoms with E-state index in [1.165, 1.54) is 12.4 Å². The van der Waals surface area contributed by atoms with Crippen molar-refractivity contribution >= 4 is 35.1 Å². The minimum absolute atomic E-state index is 0.124. The summed E-state index contributed by atoms with van der Waals surface area (Å²) < 4.78 is 36.4. The lowest BCUT2D eigenvalue weighted by molar-refractivity contribution is -0.131. The lowest BCUT2D eigenvalue weighted by Gasteiger charge is -2.07. The predicted molar refractivity (Wildman–Crippen MR) is 88.5 cm³/mol. The molecule has 2 aromatic heterocycles. The number of hydrogen-bond acceptors (Lipinski definition) is 4. The van der Waals surface area contributed by atoms with Crippen molar-refractivity contribution in [2.45, 2.75) is 12.6 Å². The van der Waals surface area contributed by atoms with Crippen LogP contribution < -0.4 is 5.32 Å². The fourth-order valence-corrected chi connectivity index (χ4v) is 1.92. The Morgan fingerprint density at radius 1 is 1.46 bits per heavy atom. The van der Waals surface area contributed by atoms with Crippen LogP contribution in [-0.4, -0.2) is 40.2 Å². The van der Waals surface area contributed by atoms with E-state index in [2.05, 4.69) is 31.8 Å². The van der Waals surface area contributed by atoms with Crippen LogP contribution in [0.15, 0.2) is 36.1 Å². The first-order chi connectivity index (χ1) is 11.4. The normalized spacial score (nSPS) is 12.3. The molecule has 0 spiro atoms. The average molecular weight is 336 g/mol. The smallest absolute Gasteiger partial charge is 0.354 e. The van der Waals surface area contributed by atoms with E-state index in [0.717, 1.165) is 11.9 Å². The maximum absolute atomic E-state index is 12.1. The van der Waals surface area contributed by atoms with Crippen LogP contribution in [0.5, 0.6) is 0 Å². The van der Waals surface area contributed by atoms with Gasteiger partial charge in [-0.05, 0) is 11.6 Å². The average Bonchev–Trinajstić information content (AvgIpc) is 2.93. The molecule has 0 atom stereocenters. The van der Waals surface area contributed by atoms with Crippen LogP contribution in [0.3, 0.4) is 0 Å². The fraction of sp³-hybridized carbons (Fsp3) is 0.200. The highest BCUT2D eigenvalue weighted by molar-refractivity contribution is 5.94. The summed E-state index contributed by atoms with van der Waals surface area (Å²) in [6, 6.07) is 0. The summed E-state index contributed by atoms with van der Waals surface area (Å²) in [7, 11) is 0. The molecule has 24 heavy (non-hydrogen) atoms. The number of aromatic amines is 1. The van der Waals surface area contributed by atoms with Crippen LogP contribution in [0.1, 0.15) is 12.0 Å². The summed E-state index contributed by atoms with van der Waals surface area (Å²) in [5.74, 6) is 0.124. The van der Waals surface area contributed by atoms with Crippen LogP contribution in [0.2, 0.25) is 0 Å². The second-order valence-electron chi connectivity index (χ2n) is 4.76. The highest BCUT2D eigenvalue weighted by Crippen LogP contribution is 2.24. The molecule has 2 aromatic rings. The zero-order valence-electron chi connectivity index (χ0n) is 12.6. The first kappa shape index (κ1) is 17.4. The van der Waals surface area contributed by atoms with Crippen molar-refractivity contribution in [3.8, 4) is 0 Å². The van der Waals surface area contributed by atoms with E-state index in [0.29, 0.717) is 16.6 Å². The highest BCUT2D eigenvalue weighted by atomic mass is 19.4. The zero-order valence-corrected chi connectivity index (χ0v) is 12.6. The number of halogens is 3. The number of alkyl halides is 3. The minimum Gasteiger partial charge on any atom is -0.354 e. The monoisotopic (exact) mass is 336 g/mol. The quantitative estimate of drug-likeness (QED) is 0.410. The van der Waals surface area contributed by atoms with E-state index in [9.17, 15) is 13.2 Å². The van der Waals surface area contributed by atoms with Gasteiger partial charge in [0, 0.05) is 36.1 Å². The summed E-state index contributed by atoms with van der Waals surface area (Å²) in [5.41, 5.74) is 1.95. The van der Waals surface area contributed by atoms with Crippen molar-refractivity contribution in [3.05, 3.63) is 36.7 Å². The molecular formula is C15H15F3N6. The maximum Gasteiger partial charge on any atom is 0.390 e. The Labute approximate surface area is 135 Å². The van der Waals surface area contributed by atoms with Crippen LogP contribution >= 0.6 is 0 Å². The van der Waals surface area contributed by atoms with Gasteiger partial charge in [-0.15, -0.1) is 0 Å². The van der Waals surface area contributed by atoms with Gasteiger partial charge in [0.15, 0.2) is 0 Å². The SMILES string of the molecule is C=C(/C=C\C=N\C=N)c1c[nH]c2nc(NCCC(F)(F)F)ncc12. The zero-order chi connectivity index (χ0) is 17.6. The van der Waals surface area contributed by atoms with Gasteiger partial charge < -0.3 is 10.3 Å². The van der Waals surface area contributed by atoms with Gasteiger partial charge in [0.2, 0.25) is 5.95 Å². The van der Waals surface area contributed by atoms with E-state index < -0.39 is 12.6 Å². The highest BCUT2D eigenvalue weighted by Gasteiger charge is 2.26. The van der Waals surface area contributed by atoms with Crippen molar-refractivity contribution in [2.24, 2.45) is 4.99 Å². The van der Waals surface area contributed by atoms with Crippen LogP contribution in [0.25, 0.3) is 16.6 Å². The number of aliphatic imine (C=N–C) groups is 1. The molecule has 2 rings (SSSR count). The number of rotatable bonds is 7. The van der Waals surface area contributed by atoms with Gasteiger partial charge in [0.05, 0.1) is 6.42 Å². The van der Waals surface area contributed by atoms with Crippen molar-refractivity contribution in [2.75, 3.05) is 11.9 Å². The molecule has 9 heteroatoms. The van der Waals surface area contributed by atoms with Crippen molar-refractivity contribution in [1.29, 1.82) is 5.41 Å². The van der Waals surface area contributed by atoms with E-state index in [-0.39, 0.29) is 12.5 Å². The summed E-state index contributed by atoms with van der Waals surface area (Å²) in [5, 5.41) is 10.0. The first-order valence-electron chi connectivity index (χ1n) is 6.93. The Hall–Kier alpha value is -2.97. The Morgan fingerprint density at radius 3 is 2.96 bits per heavy atom. The summed E-state index contributed by atoms with van der Waals surface area (Å²) in [6.45, 7) is 3.63. The maximum atomic E-state index is 12.1. The molecule has 0 amide bonds. The minimum atomic E-state index is -4.22. The summed E-state index contributed by atoms with van der Waals surface area (Å²) in [6.07, 6.45) is 3.76. The van der Waals surface area contributed by atoms with E-state index in [1.54, 1.807) is 18.3 Å². The molecule has 0 saturated heterocycles. The fourth-order valence-electron chi connectivity index (χ4n) is 1.92. The first-order valence-corrected chi connectivity index (χ1v) is 6.93. The lowest BCUT2D eigenvalue weighted by atomic mass is 10.1. The number of H-pyrrole nitrogens is 1. The number of anilines is 1. The number of allylic oxidation sites excluding steroid dienone is 3. The molecule has 0 bridgehead atoms. The molecule has 6 nitrogen and oxygen atoms in total. The van der Waals surface area contributed by atoms with Gasteiger partial charge in [-0.3, -0.25) is 5.41 Å². The molecule has 0 saturated carbocycles. The van der Waals surface area contributed by atoms with Crippen LogP contribution in [0, 0.1) is 5.41 Å². The second kappa shape index (κ2) is 7.53. The number of hydrogen-bond donors (Lipinski definition) is 3. The van der Waals surface area contributed by atoms with E-state index in [1.807, 2.05) is 0 Å². The third kappa shape index (κ3) is 4.77. The summed E-state index contributed by atoms with van der Waals surface area (Å²) in [4.78, 5) is 14.7. The molecule has 0 radical (unpaired) electrons. The molecule has 0 unspecified atom stereocenters. The van der Waals surface area contributed by atoms with Crippen molar-refractivity contribution < 1.29 is 13.2 Å². The second-order valence-corrected chi connectivity index (χ2v) is 4.76. The standard InChI is InChI=1S/C15H15F3N6/c1-10(3-2-5-20-9-19)11-7-22-13-12(11)8-23-14(24-13)21-6-4-15(16,17)18/h2-3,5,7-9,19H,1,4,6H2,(H2,21,22,23,24)/b3-2-,19-9?,20-5+. The molecule has 0 fully saturated rings. The number of aromatic nitrogens is 3. The topological polar surface area (TPSA) is 89.8 Å². The summed E-state index contributed by atoms with van der Waals surface area (Å²) >= 11 is 0. The van der Waals surface area contributed by atoms with Gasteiger partial charge in [0.25, 0.3) is 0 Å². The molecule has 0 aromatic carbocycles. The Morgan fingerprint density at radius 2 is 2.25 bits per heavy atom. The largest absolute Gasteiger partial charge is 0.390 e.